The fourth-order valence-electron chi connectivity index (χ4n) is 2.27. The number of nitrogens with one attached hydrogen (secondary N) is 1. The minimum atomic E-state index is -4.54. The molecule has 0 aromatic heterocycles. The standard InChI is InChI=1S/C15H16F3NO6S/c16-15(17,18)10-2-1-3-12(6-10)24-8-14(21)25-7-13(20)19-11-4-5-26(22,23)9-11/h1-3,6,11H,4-5,7-9H2,(H,19,20)/t11-/m1/s1. The van der Waals surface area contributed by atoms with Crippen molar-refractivity contribution >= 4 is 21.7 Å². The van der Waals surface area contributed by atoms with Gasteiger partial charge in [-0.2, -0.15) is 13.2 Å². The number of carbonyl (C=O) groups is 2. The Kier molecular flexibility index (Phi) is 6.11. The Labute approximate surface area is 147 Å². The fraction of sp³-hybridized carbons (Fsp3) is 0.467. The van der Waals surface area contributed by atoms with Crippen LogP contribution in [0.3, 0.4) is 0 Å². The molecule has 7 nitrogen and oxygen atoms in total. The van der Waals surface area contributed by atoms with Gasteiger partial charge in [-0.15, -0.1) is 0 Å². The van der Waals surface area contributed by atoms with E-state index in [0.29, 0.717) is 6.42 Å². The number of sulfone groups is 1. The zero-order valence-corrected chi connectivity index (χ0v) is 14.2. The van der Waals surface area contributed by atoms with Gasteiger partial charge in [-0.25, -0.2) is 13.2 Å². The molecule has 1 fully saturated rings. The van der Waals surface area contributed by atoms with Crippen LogP contribution in [0.1, 0.15) is 12.0 Å². The van der Waals surface area contributed by atoms with Gasteiger partial charge in [0.1, 0.15) is 5.75 Å². The summed E-state index contributed by atoms with van der Waals surface area (Å²) >= 11 is 0. The van der Waals surface area contributed by atoms with E-state index in [4.69, 9.17) is 4.74 Å². The summed E-state index contributed by atoms with van der Waals surface area (Å²) < 4.78 is 69.8. The number of amides is 1. The van der Waals surface area contributed by atoms with Crippen LogP contribution in [0.25, 0.3) is 0 Å². The van der Waals surface area contributed by atoms with Gasteiger partial charge in [0.15, 0.2) is 23.1 Å². The van der Waals surface area contributed by atoms with Crippen LogP contribution in [-0.2, 0) is 30.3 Å². The fourth-order valence-corrected chi connectivity index (χ4v) is 3.94. The predicted molar refractivity (Wildman–Crippen MR) is 83.1 cm³/mol. The van der Waals surface area contributed by atoms with Crippen molar-refractivity contribution in [1.82, 2.24) is 5.32 Å². The lowest BCUT2D eigenvalue weighted by Gasteiger charge is -2.12. The largest absolute Gasteiger partial charge is 0.482 e. The molecule has 1 heterocycles. The SMILES string of the molecule is O=C(COC(=O)COc1cccc(C(F)(F)F)c1)N[C@@H]1CCS(=O)(=O)C1. The summed E-state index contributed by atoms with van der Waals surface area (Å²) in [6.45, 7) is -1.31. The molecule has 1 amide bonds. The van der Waals surface area contributed by atoms with Gasteiger partial charge >= 0.3 is 12.1 Å². The molecule has 1 saturated heterocycles. The van der Waals surface area contributed by atoms with E-state index in [1.165, 1.54) is 6.07 Å². The van der Waals surface area contributed by atoms with Crippen LogP contribution >= 0.6 is 0 Å². The van der Waals surface area contributed by atoms with Crippen LogP contribution in [0.5, 0.6) is 5.75 Å². The Morgan fingerprint density at radius 2 is 1.96 bits per heavy atom. The predicted octanol–water partition coefficient (Wildman–Crippen LogP) is 0.931. The van der Waals surface area contributed by atoms with Crippen molar-refractivity contribution < 1.29 is 40.7 Å². The molecular weight excluding hydrogens is 379 g/mol. The highest BCUT2D eigenvalue weighted by molar-refractivity contribution is 7.91. The average molecular weight is 395 g/mol. The van der Waals surface area contributed by atoms with E-state index >= 15 is 0 Å². The van der Waals surface area contributed by atoms with Crippen molar-refractivity contribution in [3.05, 3.63) is 29.8 Å². The molecular formula is C15H16F3NO6S. The second-order valence-electron chi connectivity index (χ2n) is 5.64. The lowest BCUT2D eigenvalue weighted by molar-refractivity contribution is -0.150. The maximum Gasteiger partial charge on any atom is 0.416 e. The number of alkyl halides is 3. The van der Waals surface area contributed by atoms with Gasteiger partial charge < -0.3 is 14.8 Å². The van der Waals surface area contributed by atoms with Gasteiger partial charge in [0.25, 0.3) is 5.91 Å². The molecule has 26 heavy (non-hydrogen) atoms. The minimum absolute atomic E-state index is 0.0113. The van der Waals surface area contributed by atoms with Crippen LogP contribution in [0.15, 0.2) is 24.3 Å². The number of ether oxygens (including phenoxy) is 2. The molecule has 0 bridgehead atoms. The number of benzene rings is 1. The molecule has 1 aromatic carbocycles. The molecule has 0 unspecified atom stereocenters. The lowest BCUT2D eigenvalue weighted by atomic mass is 10.2. The monoisotopic (exact) mass is 395 g/mol. The van der Waals surface area contributed by atoms with Crippen molar-refractivity contribution in [2.24, 2.45) is 0 Å². The first kappa shape index (κ1) is 20.0. The van der Waals surface area contributed by atoms with Crippen molar-refractivity contribution in [3.8, 4) is 5.75 Å². The first-order valence-corrected chi connectivity index (χ1v) is 9.33. The molecule has 2 rings (SSSR count). The molecule has 1 aliphatic rings. The molecule has 1 N–H and O–H groups in total. The number of halogens is 3. The first-order valence-electron chi connectivity index (χ1n) is 7.51. The molecule has 0 spiro atoms. The molecule has 144 valence electrons. The maximum atomic E-state index is 12.6. The molecule has 1 aromatic rings. The molecule has 0 radical (unpaired) electrons. The number of hydrogen-bond donors (Lipinski definition) is 1. The van der Waals surface area contributed by atoms with Crippen molar-refractivity contribution in [2.75, 3.05) is 24.7 Å². The van der Waals surface area contributed by atoms with E-state index in [-0.39, 0.29) is 17.3 Å². The van der Waals surface area contributed by atoms with E-state index in [1.807, 2.05) is 0 Å². The van der Waals surface area contributed by atoms with E-state index in [2.05, 4.69) is 10.1 Å². The van der Waals surface area contributed by atoms with Gasteiger partial charge in [-0.05, 0) is 24.6 Å². The topological polar surface area (TPSA) is 98.8 Å². The highest BCUT2D eigenvalue weighted by atomic mass is 32.2. The second-order valence-corrected chi connectivity index (χ2v) is 7.87. The van der Waals surface area contributed by atoms with Gasteiger partial charge in [0, 0.05) is 6.04 Å². The van der Waals surface area contributed by atoms with Crippen LogP contribution in [0.2, 0.25) is 0 Å². The molecule has 1 atom stereocenters. The molecule has 11 heteroatoms. The Morgan fingerprint density at radius 1 is 1.23 bits per heavy atom. The third-order valence-electron chi connectivity index (χ3n) is 3.48. The van der Waals surface area contributed by atoms with Gasteiger partial charge in [0.2, 0.25) is 0 Å². The van der Waals surface area contributed by atoms with Crippen LogP contribution in [0.4, 0.5) is 13.2 Å². The van der Waals surface area contributed by atoms with Gasteiger partial charge in [-0.3, -0.25) is 4.79 Å². The highest BCUT2D eigenvalue weighted by Crippen LogP contribution is 2.31. The summed E-state index contributed by atoms with van der Waals surface area (Å²) in [6, 6.07) is 3.45. The normalized spacial score (nSPS) is 19.0. The first-order chi connectivity index (χ1) is 12.0. The smallest absolute Gasteiger partial charge is 0.416 e. The van der Waals surface area contributed by atoms with Crippen molar-refractivity contribution in [3.63, 3.8) is 0 Å². The van der Waals surface area contributed by atoms with Crippen molar-refractivity contribution in [1.29, 1.82) is 0 Å². The second kappa shape index (κ2) is 7.94. The zero-order chi connectivity index (χ0) is 19.4. The third kappa shape index (κ3) is 6.21. The van der Waals surface area contributed by atoms with Gasteiger partial charge in [0.05, 0.1) is 17.1 Å². The Morgan fingerprint density at radius 3 is 2.58 bits per heavy atom. The maximum absolute atomic E-state index is 12.6. The van der Waals surface area contributed by atoms with Crippen molar-refractivity contribution in [2.45, 2.75) is 18.6 Å². The van der Waals surface area contributed by atoms with Gasteiger partial charge in [-0.1, -0.05) is 6.07 Å². The van der Waals surface area contributed by atoms with E-state index in [9.17, 15) is 31.2 Å². The lowest BCUT2D eigenvalue weighted by Crippen LogP contribution is -2.38. The molecule has 0 saturated carbocycles. The summed E-state index contributed by atoms with van der Waals surface area (Å²) in [5.74, 6) is -1.96. The summed E-state index contributed by atoms with van der Waals surface area (Å²) in [5.41, 5.74) is -0.922. The molecule has 1 aliphatic heterocycles. The Hall–Kier alpha value is -2.30. The van der Waals surface area contributed by atoms with Crippen LogP contribution in [-0.4, -0.2) is 51.1 Å². The summed E-state index contributed by atoms with van der Waals surface area (Å²) in [6.07, 6.45) is -4.24. The van der Waals surface area contributed by atoms with Crippen LogP contribution < -0.4 is 10.1 Å². The summed E-state index contributed by atoms with van der Waals surface area (Å²) in [5, 5.41) is 2.43. The van der Waals surface area contributed by atoms with Crippen LogP contribution in [0, 0.1) is 0 Å². The quantitative estimate of drug-likeness (QED) is 0.720. The van der Waals surface area contributed by atoms with E-state index < -0.39 is 52.7 Å². The zero-order valence-electron chi connectivity index (χ0n) is 13.4. The van der Waals surface area contributed by atoms with E-state index in [1.54, 1.807) is 0 Å². The number of hydrogen-bond acceptors (Lipinski definition) is 6. The Balaban J connectivity index is 1.73. The number of rotatable bonds is 6. The minimum Gasteiger partial charge on any atom is -0.482 e. The number of carbonyl (C=O) groups excluding carboxylic acids is 2. The summed E-state index contributed by atoms with van der Waals surface area (Å²) in [7, 11) is -3.15. The number of esters is 1. The third-order valence-corrected chi connectivity index (χ3v) is 5.25. The average Bonchev–Trinajstić information content (AvgIpc) is 2.89. The Bertz CT molecular complexity index is 778. The molecule has 0 aliphatic carbocycles. The van der Waals surface area contributed by atoms with E-state index in [0.717, 1.165) is 18.2 Å². The highest BCUT2D eigenvalue weighted by Gasteiger charge is 2.31. The summed E-state index contributed by atoms with van der Waals surface area (Å²) in [4.78, 5) is 23.1.